The van der Waals surface area contributed by atoms with Crippen LogP contribution >= 0.6 is 0 Å². The van der Waals surface area contributed by atoms with Crippen molar-refractivity contribution in [2.24, 2.45) is 0 Å². The van der Waals surface area contributed by atoms with Crippen LogP contribution in [0, 0.1) is 6.57 Å². The topological polar surface area (TPSA) is 54.0 Å². The smallest absolute Gasteiger partial charge is 0.335 e. The average Bonchev–Trinajstić information content (AvgIpc) is 1.83. The highest BCUT2D eigenvalue weighted by atomic mass is 16.6. The Labute approximate surface area is 47.1 Å². The van der Waals surface area contributed by atoms with Gasteiger partial charge in [-0.25, -0.2) is 0 Å². The number of nitrogens with zero attached hydrogens (tertiary/aromatic N) is 1. The molecule has 2 N–H and O–H groups in total. The van der Waals surface area contributed by atoms with E-state index in [1.807, 2.05) is 0 Å². The normalized spacial score (nSPS) is 12.1. The fraction of sp³-hybridized carbons (Fsp3) is 0.750. The second kappa shape index (κ2) is 4.37. The summed E-state index contributed by atoms with van der Waals surface area (Å²) in [4.78, 5) is 4.18. The Balaban J connectivity index is 3.01. The molecule has 0 heterocycles. The summed E-state index contributed by atoms with van der Waals surface area (Å²) < 4.78 is 0. The summed E-state index contributed by atoms with van der Waals surface area (Å²) in [6, 6.07) is 0. The van der Waals surface area contributed by atoms with Gasteiger partial charge in [-0.3, -0.25) is 0 Å². The van der Waals surface area contributed by atoms with Gasteiger partial charge in [-0.05, 0) is 0 Å². The highest BCUT2D eigenvalue weighted by Crippen LogP contribution is 1.81. The molecule has 4 heteroatoms. The fourth-order valence-electron chi connectivity index (χ4n) is 0.182. The first-order chi connectivity index (χ1) is 3.81. The number of rotatable bonds is 3. The highest BCUT2D eigenvalue weighted by Gasteiger charge is 2.03. The van der Waals surface area contributed by atoms with E-state index in [4.69, 9.17) is 10.2 Å². The third kappa shape index (κ3) is 3.40. The van der Waals surface area contributed by atoms with Crippen molar-refractivity contribution >= 4 is 0 Å². The van der Waals surface area contributed by atoms with Gasteiger partial charge < -0.3 is 10.2 Å². The van der Waals surface area contributed by atoms with E-state index in [0.717, 1.165) is 0 Å². The minimum Gasteiger partial charge on any atom is -0.394 e. The average molecular weight is 118 g/mol. The standard InChI is InChI=1S/C4H8NO3/c1-5-8-3-4(7)2-6/h1,4,6-7H,2-3H2/q+1. The lowest BCUT2D eigenvalue weighted by Gasteiger charge is -1.95. The van der Waals surface area contributed by atoms with Crippen molar-refractivity contribution in [3.05, 3.63) is 5.01 Å². The van der Waals surface area contributed by atoms with Gasteiger partial charge >= 0.3 is 6.57 Å². The van der Waals surface area contributed by atoms with E-state index >= 15 is 0 Å². The number of hydrogen-bond donors (Lipinski definition) is 2. The highest BCUT2D eigenvalue weighted by molar-refractivity contribution is 4.51. The van der Waals surface area contributed by atoms with Crippen LogP contribution in [-0.4, -0.2) is 29.5 Å². The summed E-state index contributed by atoms with van der Waals surface area (Å²) in [6.45, 7) is 4.14. The summed E-state index contributed by atoms with van der Waals surface area (Å²) in [6.07, 6.45) is -0.887. The molecule has 0 saturated carbocycles. The number of aliphatic hydroxyl groups excluding tert-OH is 2. The Kier molecular flexibility index (Phi) is 3.94. The molecule has 0 aliphatic rings. The van der Waals surface area contributed by atoms with E-state index in [-0.39, 0.29) is 13.2 Å². The summed E-state index contributed by atoms with van der Waals surface area (Å²) in [7, 11) is 0. The zero-order valence-electron chi connectivity index (χ0n) is 4.32. The molecule has 8 heavy (non-hydrogen) atoms. The molecule has 0 amide bonds. The van der Waals surface area contributed by atoms with Crippen molar-refractivity contribution in [3.63, 3.8) is 0 Å². The van der Waals surface area contributed by atoms with Gasteiger partial charge in [0.1, 0.15) is 6.10 Å². The molecule has 46 valence electrons. The Morgan fingerprint density at radius 2 is 2.38 bits per heavy atom. The van der Waals surface area contributed by atoms with Crippen LogP contribution in [0.2, 0.25) is 0 Å². The third-order valence-electron chi connectivity index (χ3n) is 0.552. The number of aliphatic hydroxyl groups is 2. The molecule has 0 aromatic carbocycles. The van der Waals surface area contributed by atoms with Crippen LogP contribution in [0.5, 0.6) is 0 Å². The molecule has 1 atom stereocenters. The van der Waals surface area contributed by atoms with Crippen molar-refractivity contribution in [2.75, 3.05) is 13.2 Å². The predicted octanol–water partition coefficient (Wildman–Crippen LogP) is -0.766. The molecule has 0 fully saturated rings. The monoisotopic (exact) mass is 118 g/mol. The van der Waals surface area contributed by atoms with Gasteiger partial charge in [0.25, 0.3) is 0 Å². The SMILES string of the molecule is C#[N+]OCC(O)CO. The van der Waals surface area contributed by atoms with Gasteiger partial charge in [-0.2, -0.15) is 4.84 Å². The Morgan fingerprint density at radius 3 is 2.75 bits per heavy atom. The molecule has 0 bridgehead atoms. The summed E-state index contributed by atoms with van der Waals surface area (Å²) in [5.41, 5.74) is 0. The maximum atomic E-state index is 8.50. The minimum atomic E-state index is -0.887. The van der Waals surface area contributed by atoms with Crippen LogP contribution in [-0.2, 0) is 4.84 Å². The second-order valence-corrected chi connectivity index (χ2v) is 1.24. The lowest BCUT2D eigenvalue weighted by atomic mass is 10.4. The molecule has 0 aliphatic heterocycles. The van der Waals surface area contributed by atoms with Gasteiger partial charge in [0.2, 0.25) is 11.6 Å². The Hall–Kier alpha value is -0.790. The third-order valence-corrected chi connectivity index (χ3v) is 0.552. The molecule has 0 rings (SSSR count). The molecule has 0 spiro atoms. The molecule has 0 aromatic heterocycles. The Morgan fingerprint density at radius 1 is 1.75 bits per heavy atom. The van der Waals surface area contributed by atoms with Crippen molar-refractivity contribution in [1.29, 1.82) is 0 Å². The van der Waals surface area contributed by atoms with E-state index in [0.29, 0.717) is 0 Å². The van der Waals surface area contributed by atoms with Gasteiger partial charge in [0, 0.05) is 0 Å². The molecular formula is C4H8NO3+. The van der Waals surface area contributed by atoms with E-state index in [1.54, 1.807) is 0 Å². The van der Waals surface area contributed by atoms with Crippen LogP contribution in [0.25, 0.3) is 5.01 Å². The van der Waals surface area contributed by atoms with Crippen molar-refractivity contribution in [2.45, 2.75) is 6.10 Å². The second-order valence-electron chi connectivity index (χ2n) is 1.24. The van der Waals surface area contributed by atoms with Crippen molar-refractivity contribution < 1.29 is 15.1 Å². The zero-order chi connectivity index (χ0) is 6.41. The zero-order valence-corrected chi connectivity index (χ0v) is 4.32. The first-order valence-corrected chi connectivity index (χ1v) is 2.12. The van der Waals surface area contributed by atoms with E-state index in [1.165, 1.54) is 0 Å². The lowest BCUT2D eigenvalue weighted by molar-refractivity contribution is 0.0371. The molecule has 0 radical (unpaired) electrons. The van der Waals surface area contributed by atoms with Crippen LogP contribution in [0.1, 0.15) is 0 Å². The summed E-state index contributed by atoms with van der Waals surface area (Å²) in [5, 5.41) is 19.4. The van der Waals surface area contributed by atoms with Gasteiger partial charge in [0.15, 0.2) is 0 Å². The molecule has 0 saturated heterocycles. The van der Waals surface area contributed by atoms with Crippen molar-refractivity contribution in [1.82, 2.24) is 0 Å². The van der Waals surface area contributed by atoms with Crippen LogP contribution < -0.4 is 0 Å². The maximum Gasteiger partial charge on any atom is 0.335 e. The largest absolute Gasteiger partial charge is 0.394 e. The van der Waals surface area contributed by atoms with Gasteiger partial charge in [-0.15, -0.1) is 0 Å². The van der Waals surface area contributed by atoms with Gasteiger partial charge in [-0.1, -0.05) is 0 Å². The molecule has 4 nitrogen and oxygen atoms in total. The maximum absolute atomic E-state index is 8.50. The lowest BCUT2D eigenvalue weighted by Crippen LogP contribution is -2.17. The first kappa shape index (κ1) is 7.21. The number of hydrogen-bond acceptors (Lipinski definition) is 3. The van der Waals surface area contributed by atoms with E-state index in [9.17, 15) is 0 Å². The molecule has 0 aliphatic carbocycles. The predicted molar refractivity (Wildman–Crippen MR) is 27.3 cm³/mol. The molecule has 1 unspecified atom stereocenters. The minimum absolute atomic E-state index is 0.0625. The fourth-order valence-corrected chi connectivity index (χ4v) is 0.182. The quantitative estimate of drug-likeness (QED) is 0.478. The molecule has 0 aromatic rings. The first-order valence-electron chi connectivity index (χ1n) is 2.12. The van der Waals surface area contributed by atoms with E-state index < -0.39 is 6.10 Å². The molecular weight excluding hydrogens is 110 g/mol. The summed E-state index contributed by atoms with van der Waals surface area (Å²) >= 11 is 0. The van der Waals surface area contributed by atoms with Gasteiger partial charge in [0.05, 0.1) is 6.61 Å². The Bertz CT molecular complexity index is 87.8. The van der Waals surface area contributed by atoms with Crippen LogP contribution in [0.15, 0.2) is 0 Å². The van der Waals surface area contributed by atoms with Crippen molar-refractivity contribution in [3.8, 4) is 6.57 Å². The van der Waals surface area contributed by atoms with Crippen LogP contribution in [0.4, 0.5) is 0 Å². The van der Waals surface area contributed by atoms with Crippen LogP contribution in [0.3, 0.4) is 0 Å². The van der Waals surface area contributed by atoms with E-state index in [2.05, 4.69) is 16.4 Å². The summed E-state index contributed by atoms with van der Waals surface area (Å²) in [5.74, 6) is 0.